The fraction of sp³-hybridized carbons (Fsp3) is 0.882. The number of carbonyl (C=O) groups excluding carboxylic acids is 2. The summed E-state index contributed by atoms with van der Waals surface area (Å²) in [5.41, 5.74) is -0.594. The second-order valence-electron chi connectivity index (χ2n) is 7.85. The van der Waals surface area contributed by atoms with Crippen LogP contribution in [0.4, 0.5) is 4.79 Å². The van der Waals surface area contributed by atoms with E-state index in [0.29, 0.717) is 12.8 Å². The van der Waals surface area contributed by atoms with Gasteiger partial charge in [-0.2, -0.15) is 0 Å². The maximum absolute atomic E-state index is 11.9. The Morgan fingerprint density at radius 1 is 1.09 bits per heavy atom. The first-order valence-corrected chi connectivity index (χ1v) is 8.35. The van der Waals surface area contributed by atoms with Crippen LogP contribution < -0.4 is 10.6 Å². The van der Waals surface area contributed by atoms with Gasteiger partial charge in [0.1, 0.15) is 5.60 Å². The van der Waals surface area contributed by atoms with Crippen molar-refractivity contribution in [2.75, 3.05) is 6.54 Å². The highest BCUT2D eigenvalue weighted by molar-refractivity contribution is 5.76. The first kappa shape index (κ1) is 21.7. The molecule has 136 valence electrons. The zero-order chi connectivity index (χ0) is 18.2. The second kappa shape index (κ2) is 9.75. The largest absolute Gasteiger partial charge is 0.444 e. The van der Waals surface area contributed by atoms with Crippen molar-refractivity contribution in [2.24, 2.45) is 11.8 Å². The fourth-order valence-electron chi connectivity index (χ4n) is 2.08. The minimum atomic E-state index is -0.860. The Balaban J connectivity index is 4.57. The number of carbonyl (C=O) groups is 2. The molecule has 0 aromatic heterocycles. The van der Waals surface area contributed by atoms with Crippen molar-refractivity contribution in [1.29, 1.82) is 0 Å². The Morgan fingerprint density at radius 3 is 2.09 bits per heavy atom. The minimum absolute atomic E-state index is 0.0976. The van der Waals surface area contributed by atoms with Gasteiger partial charge in [-0.3, -0.25) is 4.79 Å². The molecule has 0 radical (unpaired) electrons. The van der Waals surface area contributed by atoms with E-state index in [9.17, 15) is 14.7 Å². The van der Waals surface area contributed by atoms with Gasteiger partial charge in [-0.25, -0.2) is 4.79 Å². The third kappa shape index (κ3) is 11.9. The summed E-state index contributed by atoms with van der Waals surface area (Å²) in [5.74, 6) is 0.453. The van der Waals surface area contributed by atoms with Crippen LogP contribution in [0.25, 0.3) is 0 Å². The molecule has 0 unspecified atom stereocenters. The number of ether oxygens (including phenoxy) is 1. The Kier molecular flexibility index (Phi) is 9.20. The Hall–Kier alpha value is -1.30. The number of rotatable bonds is 8. The summed E-state index contributed by atoms with van der Waals surface area (Å²) in [6.07, 6.45) is -0.404. The second-order valence-corrected chi connectivity index (χ2v) is 7.85. The SMILES string of the molecule is CC(C)CC(=O)NC[C@H](O)[C@H](CC(C)C)NC(=O)OC(C)(C)C. The highest BCUT2D eigenvalue weighted by Gasteiger charge is 2.25. The molecule has 2 atom stereocenters. The Bertz CT molecular complexity index is 375. The van der Waals surface area contributed by atoms with Crippen LogP contribution in [-0.2, 0) is 9.53 Å². The standard InChI is InChI=1S/C17H34N2O4/c1-11(2)8-13(19-16(22)23-17(5,6)7)14(20)10-18-15(21)9-12(3)4/h11-14,20H,8-10H2,1-7H3,(H,18,21)(H,19,22)/t13-,14-/m0/s1. The normalized spacial score (nSPS) is 14.5. The number of aliphatic hydroxyl groups is 1. The van der Waals surface area contributed by atoms with E-state index < -0.39 is 23.8 Å². The molecule has 0 saturated heterocycles. The molecule has 0 aliphatic heterocycles. The van der Waals surface area contributed by atoms with E-state index in [2.05, 4.69) is 10.6 Å². The first-order valence-electron chi connectivity index (χ1n) is 8.35. The topological polar surface area (TPSA) is 87.7 Å². The van der Waals surface area contributed by atoms with E-state index >= 15 is 0 Å². The molecular formula is C17H34N2O4. The zero-order valence-corrected chi connectivity index (χ0v) is 15.6. The van der Waals surface area contributed by atoms with Crippen molar-refractivity contribution in [1.82, 2.24) is 10.6 Å². The van der Waals surface area contributed by atoms with Gasteiger partial charge in [0.2, 0.25) is 5.91 Å². The predicted molar refractivity (Wildman–Crippen MR) is 91.1 cm³/mol. The maximum atomic E-state index is 11.9. The summed E-state index contributed by atoms with van der Waals surface area (Å²) in [4.78, 5) is 23.6. The Labute approximate surface area is 140 Å². The molecule has 0 aromatic carbocycles. The quantitative estimate of drug-likeness (QED) is 0.638. The molecule has 23 heavy (non-hydrogen) atoms. The summed E-state index contributed by atoms with van der Waals surface area (Å²) in [6.45, 7) is 13.4. The van der Waals surface area contributed by atoms with Crippen molar-refractivity contribution in [3.8, 4) is 0 Å². The lowest BCUT2D eigenvalue weighted by Gasteiger charge is -2.28. The predicted octanol–water partition coefficient (Wildman–Crippen LogP) is 2.45. The van der Waals surface area contributed by atoms with Crippen LogP contribution in [0.15, 0.2) is 0 Å². The van der Waals surface area contributed by atoms with Crippen molar-refractivity contribution >= 4 is 12.0 Å². The number of amides is 2. The fourth-order valence-corrected chi connectivity index (χ4v) is 2.08. The molecule has 0 aromatic rings. The number of alkyl carbamates (subject to hydrolysis) is 1. The van der Waals surface area contributed by atoms with Crippen LogP contribution in [0, 0.1) is 11.8 Å². The summed E-state index contributed by atoms with van der Waals surface area (Å²) in [5, 5.41) is 15.7. The van der Waals surface area contributed by atoms with Crippen molar-refractivity contribution in [3.63, 3.8) is 0 Å². The van der Waals surface area contributed by atoms with Gasteiger partial charge in [-0.05, 0) is 39.0 Å². The van der Waals surface area contributed by atoms with E-state index in [1.54, 1.807) is 20.8 Å². The van der Waals surface area contributed by atoms with Crippen LogP contribution in [0.1, 0.15) is 61.3 Å². The van der Waals surface area contributed by atoms with Crippen molar-refractivity contribution in [2.45, 2.75) is 79.1 Å². The molecule has 3 N–H and O–H groups in total. The van der Waals surface area contributed by atoms with Crippen LogP contribution in [0.5, 0.6) is 0 Å². The van der Waals surface area contributed by atoms with Gasteiger partial charge in [-0.15, -0.1) is 0 Å². The molecule has 0 rings (SSSR count). The highest BCUT2D eigenvalue weighted by atomic mass is 16.6. The molecule has 0 heterocycles. The average Bonchev–Trinajstić information content (AvgIpc) is 2.31. The maximum Gasteiger partial charge on any atom is 0.407 e. The monoisotopic (exact) mass is 330 g/mol. The van der Waals surface area contributed by atoms with Gasteiger partial charge in [0.25, 0.3) is 0 Å². The molecule has 0 aliphatic carbocycles. The number of hydrogen-bond acceptors (Lipinski definition) is 4. The van der Waals surface area contributed by atoms with Gasteiger partial charge >= 0.3 is 6.09 Å². The zero-order valence-electron chi connectivity index (χ0n) is 15.6. The van der Waals surface area contributed by atoms with E-state index in [4.69, 9.17) is 4.74 Å². The number of hydrogen-bond donors (Lipinski definition) is 3. The summed E-state index contributed by atoms with van der Waals surface area (Å²) >= 11 is 0. The smallest absolute Gasteiger partial charge is 0.407 e. The summed E-state index contributed by atoms with van der Waals surface area (Å²) in [6, 6.07) is -0.468. The van der Waals surface area contributed by atoms with E-state index in [-0.39, 0.29) is 24.3 Å². The molecule has 0 fully saturated rings. The molecule has 6 heteroatoms. The lowest BCUT2D eigenvalue weighted by molar-refractivity contribution is -0.122. The first-order chi connectivity index (χ1) is 10.4. The van der Waals surface area contributed by atoms with Gasteiger partial charge in [0, 0.05) is 13.0 Å². The molecule has 0 spiro atoms. The third-order valence-corrected chi connectivity index (χ3v) is 2.99. The third-order valence-electron chi connectivity index (χ3n) is 2.99. The molecule has 6 nitrogen and oxygen atoms in total. The molecule has 2 amide bonds. The van der Waals surface area contributed by atoms with Gasteiger partial charge in [0.15, 0.2) is 0 Å². The minimum Gasteiger partial charge on any atom is -0.444 e. The molecule has 0 bridgehead atoms. The van der Waals surface area contributed by atoms with Crippen molar-refractivity contribution < 1.29 is 19.4 Å². The molecular weight excluding hydrogens is 296 g/mol. The van der Waals surface area contributed by atoms with Crippen molar-refractivity contribution in [3.05, 3.63) is 0 Å². The van der Waals surface area contributed by atoms with Gasteiger partial charge < -0.3 is 20.5 Å². The van der Waals surface area contributed by atoms with Crippen LogP contribution in [-0.4, -0.2) is 41.4 Å². The average molecular weight is 330 g/mol. The Morgan fingerprint density at radius 2 is 1.65 bits per heavy atom. The highest BCUT2D eigenvalue weighted by Crippen LogP contribution is 2.11. The molecule has 0 saturated carbocycles. The van der Waals surface area contributed by atoms with Crippen LogP contribution >= 0.6 is 0 Å². The van der Waals surface area contributed by atoms with E-state index in [1.807, 2.05) is 27.7 Å². The van der Waals surface area contributed by atoms with Gasteiger partial charge in [0.05, 0.1) is 12.1 Å². The van der Waals surface area contributed by atoms with Crippen LogP contribution in [0.2, 0.25) is 0 Å². The van der Waals surface area contributed by atoms with E-state index in [1.165, 1.54) is 0 Å². The summed E-state index contributed by atoms with van der Waals surface area (Å²) < 4.78 is 5.23. The van der Waals surface area contributed by atoms with Crippen LogP contribution in [0.3, 0.4) is 0 Å². The number of nitrogens with one attached hydrogen (secondary N) is 2. The van der Waals surface area contributed by atoms with Gasteiger partial charge in [-0.1, -0.05) is 27.7 Å². The number of aliphatic hydroxyl groups excluding tert-OH is 1. The summed E-state index contributed by atoms with van der Waals surface area (Å²) in [7, 11) is 0. The lowest BCUT2D eigenvalue weighted by Crippen LogP contribution is -2.50. The van der Waals surface area contributed by atoms with E-state index in [0.717, 1.165) is 0 Å². The lowest BCUT2D eigenvalue weighted by atomic mass is 9.99. The molecule has 0 aliphatic rings.